The number of carbonyl (C=O) groups excluding carboxylic acids is 2. The zero-order chi connectivity index (χ0) is 17.9. The number of hydrogen-bond acceptors (Lipinski definition) is 2. The second kappa shape index (κ2) is 6.81. The molecule has 26 heavy (non-hydrogen) atoms. The van der Waals surface area contributed by atoms with E-state index in [2.05, 4.69) is 0 Å². The molecule has 0 atom stereocenters. The molecule has 0 saturated heterocycles. The molecule has 0 fully saturated rings. The predicted molar refractivity (Wildman–Crippen MR) is 103 cm³/mol. The first-order valence-corrected chi connectivity index (χ1v) is 8.50. The quantitative estimate of drug-likeness (QED) is 0.518. The lowest BCUT2D eigenvalue weighted by atomic mass is 10.0. The van der Waals surface area contributed by atoms with Gasteiger partial charge in [-0.2, -0.15) is 0 Å². The number of amides is 1. The fourth-order valence-corrected chi connectivity index (χ4v) is 3.19. The van der Waals surface area contributed by atoms with E-state index in [9.17, 15) is 9.59 Å². The van der Waals surface area contributed by atoms with E-state index in [4.69, 9.17) is 0 Å². The van der Waals surface area contributed by atoms with Crippen LogP contribution in [0.2, 0.25) is 0 Å². The number of rotatable bonds is 4. The van der Waals surface area contributed by atoms with Crippen LogP contribution < -0.4 is 4.90 Å². The van der Waals surface area contributed by atoms with Crippen LogP contribution in [-0.2, 0) is 11.3 Å². The molecule has 0 saturated carbocycles. The lowest BCUT2D eigenvalue weighted by Gasteiger charge is -2.17. The van der Waals surface area contributed by atoms with E-state index in [-0.39, 0.29) is 11.7 Å². The molecule has 4 rings (SSSR count). The molecule has 3 heteroatoms. The van der Waals surface area contributed by atoms with E-state index in [1.165, 1.54) is 6.08 Å². The molecule has 0 aromatic heterocycles. The third-order valence-electron chi connectivity index (χ3n) is 4.48. The van der Waals surface area contributed by atoms with Crippen LogP contribution >= 0.6 is 0 Å². The summed E-state index contributed by atoms with van der Waals surface area (Å²) in [6, 6.07) is 26.5. The predicted octanol–water partition coefficient (Wildman–Crippen LogP) is 4.50. The Bertz CT molecular complexity index is 991. The number of allylic oxidation sites excluding steroid dienone is 1. The van der Waals surface area contributed by atoms with E-state index in [0.717, 1.165) is 16.8 Å². The average Bonchev–Trinajstić information content (AvgIpc) is 2.95. The van der Waals surface area contributed by atoms with E-state index in [1.807, 2.05) is 72.8 Å². The summed E-state index contributed by atoms with van der Waals surface area (Å²) >= 11 is 0. The molecule has 0 aliphatic carbocycles. The topological polar surface area (TPSA) is 37.4 Å². The normalized spacial score (nSPS) is 14.5. The second-order valence-corrected chi connectivity index (χ2v) is 6.18. The van der Waals surface area contributed by atoms with Crippen LogP contribution in [0.1, 0.15) is 21.5 Å². The smallest absolute Gasteiger partial charge is 0.259 e. The molecule has 0 N–H and O–H groups in total. The monoisotopic (exact) mass is 339 g/mol. The van der Waals surface area contributed by atoms with Crippen molar-refractivity contribution in [2.24, 2.45) is 0 Å². The molecule has 0 unspecified atom stereocenters. The molecule has 0 radical (unpaired) electrons. The minimum atomic E-state index is -0.162. The first kappa shape index (κ1) is 16.0. The number of hydrogen-bond donors (Lipinski definition) is 0. The molecular formula is C23H17NO2. The Morgan fingerprint density at radius 2 is 1.42 bits per heavy atom. The number of carbonyl (C=O) groups is 2. The van der Waals surface area contributed by atoms with Crippen LogP contribution in [-0.4, -0.2) is 11.7 Å². The molecule has 3 aromatic carbocycles. The van der Waals surface area contributed by atoms with Gasteiger partial charge in [-0.15, -0.1) is 0 Å². The maximum absolute atomic E-state index is 13.0. The highest BCUT2D eigenvalue weighted by Crippen LogP contribution is 2.37. The fraction of sp³-hybridized carbons (Fsp3) is 0.0435. The molecular weight excluding hydrogens is 322 g/mol. The van der Waals surface area contributed by atoms with E-state index < -0.39 is 0 Å². The number of para-hydroxylation sites is 1. The van der Waals surface area contributed by atoms with Crippen molar-refractivity contribution in [1.82, 2.24) is 0 Å². The van der Waals surface area contributed by atoms with Gasteiger partial charge in [-0.25, -0.2) is 0 Å². The van der Waals surface area contributed by atoms with Gasteiger partial charge >= 0.3 is 0 Å². The zero-order valence-electron chi connectivity index (χ0n) is 14.1. The summed E-state index contributed by atoms with van der Waals surface area (Å²) < 4.78 is 0. The second-order valence-electron chi connectivity index (χ2n) is 6.18. The number of ketones is 1. The molecule has 0 spiro atoms. The van der Waals surface area contributed by atoms with Gasteiger partial charge in [-0.1, -0.05) is 78.9 Å². The van der Waals surface area contributed by atoms with Crippen LogP contribution in [0, 0.1) is 0 Å². The number of fused-ring (bicyclic) bond motifs is 1. The van der Waals surface area contributed by atoms with Gasteiger partial charge in [-0.05, 0) is 17.7 Å². The van der Waals surface area contributed by atoms with Crippen molar-refractivity contribution in [2.75, 3.05) is 4.90 Å². The summed E-state index contributed by atoms with van der Waals surface area (Å²) in [7, 11) is 0. The van der Waals surface area contributed by atoms with Crippen molar-refractivity contribution in [1.29, 1.82) is 0 Å². The third kappa shape index (κ3) is 2.95. The van der Waals surface area contributed by atoms with Crippen molar-refractivity contribution in [3.05, 3.63) is 108 Å². The van der Waals surface area contributed by atoms with Crippen LogP contribution in [0.5, 0.6) is 0 Å². The zero-order valence-corrected chi connectivity index (χ0v) is 14.1. The third-order valence-corrected chi connectivity index (χ3v) is 4.48. The Labute approximate surface area is 152 Å². The fourth-order valence-electron chi connectivity index (χ4n) is 3.19. The van der Waals surface area contributed by atoms with Crippen LogP contribution in [0.3, 0.4) is 0 Å². The van der Waals surface area contributed by atoms with E-state index in [1.54, 1.807) is 17.0 Å². The summed E-state index contributed by atoms with van der Waals surface area (Å²) in [5.41, 5.74) is 3.72. The van der Waals surface area contributed by atoms with Crippen molar-refractivity contribution in [3.8, 4) is 0 Å². The van der Waals surface area contributed by atoms with Gasteiger partial charge < -0.3 is 4.90 Å². The Morgan fingerprint density at radius 1 is 0.808 bits per heavy atom. The van der Waals surface area contributed by atoms with Crippen LogP contribution in [0.25, 0.3) is 5.57 Å². The molecule has 126 valence electrons. The first-order valence-electron chi connectivity index (χ1n) is 8.50. The van der Waals surface area contributed by atoms with E-state index >= 15 is 0 Å². The van der Waals surface area contributed by atoms with Gasteiger partial charge in [0.25, 0.3) is 5.91 Å². The Balaban J connectivity index is 1.72. The minimum absolute atomic E-state index is 0.140. The van der Waals surface area contributed by atoms with Gasteiger partial charge in [0, 0.05) is 11.1 Å². The summed E-state index contributed by atoms with van der Waals surface area (Å²) in [6.07, 6.45) is 1.46. The number of benzene rings is 3. The summed E-state index contributed by atoms with van der Waals surface area (Å²) in [6.45, 7) is 0.480. The molecule has 1 amide bonds. The van der Waals surface area contributed by atoms with Crippen molar-refractivity contribution >= 4 is 23.0 Å². The average molecular weight is 339 g/mol. The highest BCUT2D eigenvalue weighted by molar-refractivity contribution is 6.35. The van der Waals surface area contributed by atoms with Gasteiger partial charge in [0.1, 0.15) is 0 Å². The Morgan fingerprint density at radius 3 is 2.15 bits per heavy atom. The summed E-state index contributed by atoms with van der Waals surface area (Å²) in [4.78, 5) is 27.3. The Hall–Kier alpha value is -3.46. The maximum atomic E-state index is 13.0. The van der Waals surface area contributed by atoms with E-state index in [0.29, 0.717) is 17.7 Å². The highest BCUT2D eigenvalue weighted by atomic mass is 16.2. The first-order chi connectivity index (χ1) is 12.7. The molecule has 0 bridgehead atoms. The lowest BCUT2D eigenvalue weighted by molar-refractivity contribution is -0.113. The number of nitrogens with zero attached hydrogens (tertiary/aromatic N) is 1. The van der Waals surface area contributed by atoms with Crippen molar-refractivity contribution in [2.45, 2.75) is 6.54 Å². The van der Waals surface area contributed by atoms with Crippen LogP contribution in [0.15, 0.2) is 91.0 Å². The standard InChI is InChI=1S/C23H17NO2/c25-22(18-11-5-2-6-12-18)15-20-19-13-7-8-14-21(19)24(23(20)26)16-17-9-3-1-4-10-17/h1-15H,16H2. The minimum Gasteiger partial charge on any atom is -0.303 e. The molecule has 3 nitrogen and oxygen atoms in total. The van der Waals surface area contributed by atoms with Gasteiger partial charge in [0.2, 0.25) is 0 Å². The summed E-state index contributed by atoms with van der Waals surface area (Å²) in [5.74, 6) is -0.301. The van der Waals surface area contributed by atoms with Gasteiger partial charge in [-0.3, -0.25) is 9.59 Å². The largest absolute Gasteiger partial charge is 0.303 e. The van der Waals surface area contributed by atoms with Crippen molar-refractivity contribution < 1.29 is 9.59 Å². The van der Waals surface area contributed by atoms with Gasteiger partial charge in [0.15, 0.2) is 5.78 Å². The van der Waals surface area contributed by atoms with Crippen molar-refractivity contribution in [3.63, 3.8) is 0 Å². The maximum Gasteiger partial charge on any atom is 0.259 e. The summed E-state index contributed by atoms with van der Waals surface area (Å²) in [5, 5.41) is 0. The van der Waals surface area contributed by atoms with Gasteiger partial charge in [0.05, 0.1) is 17.8 Å². The highest BCUT2D eigenvalue weighted by Gasteiger charge is 2.32. The molecule has 1 heterocycles. The molecule has 1 aliphatic heterocycles. The number of anilines is 1. The lowest BCUT2D eigenvalue weighted by Crippen LogP contribution is -2.25. The van der Waals surface area contributed by atoms with Crippen LogP contribution in [0.4, 0.5) is 5.69 Å². The Kier molecular flexibility index (Phi) is 4.20. The SMILES string of the molecule is O=C(C=C1C(=O)N(Cc2ccccc2)c2ccccc21)c1ccccc1. The molecule has 1 aliphatic rings. The molecule has 3 aromatic rings.